The third kappa shape index (κ3) is 3.10. The van der Waals surface area contributed by atoms with Gasteiger partial charge >= 0.3 is 0 Å². The predicted octanol–water partition coefficient (Wildman–Crippen LogP) is 1.68. The first-order valence-electron chi connectivity index (χ1n) is 8.11. The van der Waals surface area contributed by atoms with Crippen LogP contribution in [0.5, 0.6) is 0 Å². The topological polar surface area (TPSA) is 79.9 Å². The summed E-state index contributed by atoms with van der Waals surface area (Å²) in [6.07, 6.45) is 0.00621. The molecule has 1 aliphatic heterocycles. The first-order chi connectivity index (χ1) is 11.5. The average molecular weight is 326 g/mol. The number of hydrogen-bond donors (Lipinski definition) is 0. The number of rotatable bonds is 3. The van der Waals surface area contributed by atoms with Gasteiger partial charge in [-0.25, -0.2) is 0 Å². The molecule has 3 heterocycles. The van der Waals surface area contributed by atoms with Gasteiger partial charge in [-0.15, -0.1) is 5.10 Å². The first-order valence-corrected chi connectivity index (χ1v) is 8.11. The van der Waals surface area contributed by atoms with Crippen LogP contribution in [0.25, 0.3) is 0 Å². The molecule has 0 radical (unpaired) electrons. The molecule has 7 nitrogen and oxygen atoms in total. The van der Waals surface area contributed by atoms with E-state index in [1.54, 1.807) is 0 Å². The Balaban J connectivity index is 1.80. The maximum atomic E-state index is 9.50. The zero-order chi connectivity index (χ0) is 17.3. The minimum absolute atomic E-state index is 0.00621. The van der Waals surface area contributed by atoms with Gasteiger partial charge in [0.2, 0.25) is 0 Å². The molecule has 1 aliphatic rings. The summed E-state index contributed by atoms with van der Waals surface area (Å²) < 4.78 is 7.86. The molecule has 0 unspecified atom stereocenters. The lowest BCUT2D eigenvalue weighted by atomic mass is 10.1. The zero-order valence-corrected chi connectivity index (χ0v) is 14.6. The van der Waals surface area contributed by atoms with Crippen LogP contribution in [0.1, 0.15) is 28.2 Å². The molecule has 1 fully saturated rings. The fourth-order valence-electron chi connectivity index (χ4n) is 3.03. The van der Waals surface area contributed by atoms with Gasteiger partial charge in [-0.3, -0.25) is 4.68 Å². The minimum Gasteiger partial charge on any atom is -0.373 e. The van der Waals surface area contributed by atoms with Crippen molar-refractivity contribution in [3.8, 4) is 6.07 Å². The highest BCUT2D eigenvalue weighted by atomic mass is 16.5. The molecule has 24 heavy (non-hydrogen) atoms. The van der Waals surface area contributed by atoms with E-state index in [2.05, 4.69) is 32.3 Å². The number of aryl methyl sites for hydroxylation is 3. The molecule has 0 amide bonds. The van der Waals surface area contributed by atoms with Crippen LogP contribution in [0.4, 0.5) is 5.82 Å². The third-order valence-electron chi connectivity index (χ3n) is 4.47. The molecule has 0 aromatic carbocycles. The Morgan fingerprint density at radius 1 is 1.29 bits per heavy atom. The van der Waals surface area contributed by atoms with E-state index in [0.29, 0.717) is 37.6 Å². The fourth-order valence-corrected chi connectivity index (χ4v) is 3.03. The smallest absolute Gasteiger partial charge is 0.169 e. The maximum absolute atomic E-state index is 9.50. The molecule has 0 aliphatic carbocycles. The second-order valence-corrected chi connectivity index (χ2v) is 6.27. The molecule has 2 aromatic heterocycles. The van der Waals surface area contributed by atoms with Crippen LogP contribution in [-0.4, -0.2) is 45.8 Å². The van der Waals surface area contributed by atoms with Gasteiger partial charge in [-0.2, -0.15) is 15.5 Å². The highest BCUT2D eigenvalue weighted by Crippen LogP contribution is 2.23. The van der Waals surface area contributed by atoms with E-state index in [-0.39, 0.29) is 6.10 Å². The van der Waals surface area contributed by atoms with Gasteiger partial charge in [-0.05, 0) is 39.3 Å². The van der Waals surface area contributed by atoms with E-state index in [1.807, 2.05) is 32.4 Å². The maximum Gasteiger partial charge on any atom is 0.169 e. The summed E-state index contributed by atoms with van der Waals surface area (Å²) in [5.41, 5.74) is 4.42. The van der Waals surface area contributed by atoms with Crippen LogP contribution in [0, 0.1) is 39.0 Å². The lowest BCUT2D eigenvalue weighted by molar-refractivity contribution is 0.0267. The molecule has 0 saturated carbocycles. The van der Waals surface area contributed by atoms with Crippen molar-refractivity contribution in [3.63, 3.8) is 0 Å². The lowest BCUT2D eigenvalue weighted by Gasteiger charge is -2.34. The highest BCUT2D eigenvalue weighted by molar-refractivity contribution is 5.57. The Morgan fingerprint density at radius 3 is 2.75 bits per heavy atom. The molecule has 1 saturated heterocycles. The minimum atomic E-state index is 0.00621. The SMILES string of the molecule is Cc1cc(C)n(C[C@@H]2CN(c3nnc(C)c(C)c3C#N)CCO2)n1. The van der Waals surface area contributed by atoms with Crippen LogP contribution in [-0.2, 0) is 11.3 Å². The molecular weight excluding hydrogens is 304 g/mol. The van der Waals surface area contributed by atoms with Crippen molar-refractivity contribution in [2.75, 3.05) is 24.6 Å². The number of anilines is 1. The van der Waals surface area contributed by atoms with Gasteiger partial charge in [0, 0.05) is 18.8 Å². The standard InChI is InChI=1S/C17H22N6O/c1-11-7-12(2)23(21-11)10-15-9-22(5-6-24-15)17-16(8-18)13(3)14(4)19-20-17/h7,15H,5-6,9-10H2,1-4H3/t15-/m0/s1. The summed E-state index contributed by atoms with van der Waals surface area (Å²) in [7, 11) is 0. The molecule has 0 bridgehead atoms. The second-order valence-electron chi connectivity index (χ2n) is 6.27. The largest absolute Gasteiger partial charge is 0.373 e. The predicted molar refractivity (Wildman–Crippen MR) is 89.9 cm³/mol. The van der Waals surface area contributed by atoms with E-state index < -0.39 is 0 Å². The molecule has 7 heteroatoms. The van der Waals surface area contributed by atoms with Gasteiger partial charge in [-0.1, -0.05) is 0 Å². The summed E-state index contributed by atoms with van der Waals surface area (Å²) in [4.78, 5) is 2.10. The van der Waals surface area contributed by atoms with E-state index >= 15 is 0 Å². The Bertz CT molecular complexity index is 791. The Kier molecular flexibility index (Phi) is 4.49. The van der Waals surface area contributed by atoms with Crippen LogP contribution in [0.2, 0.25) is 0 Å². The molecule has 0 spiro atoms. The van der Waals surface area contributed by atoms with Crippen LogP contribution in [0.15, 0.2) is 6.07 Å². The molecule has 2 aromatic rings. The van der Waals surface area contributed by atoms with Crippen LogP contribution in [0.3, 0.4) is 0 Å². The Labute approximate surface area is 141 Å². The van der Waals surface area contributed by atoms with E-state index in [0.717, 1.165) is 22.6 Å². The number of aromatic nitrogens is 4. The number of morpholine rings is 1. The van der Waals surface area contributed by atoms with Crippen LogP contribution >= 0.6 is 0 Å². The average Bonchev–Trinajstić information content (AvgIpc) is 2.87. The number of nitrogens with zero attached hydrogens (tertiary/aromatic N) is 6. The van der Waals surface area contributed by atoms with Gasteiger partial charge < -0.3 is 9.64 Å². The first kappa shape index (κ1) is 16.4. The third-order valence-corrected chi connectivity index (χ3v) is 4.47. The monoisotopic (exact) mass is 326 g/mol. The molecule has 126 valence electrons. The van der Waals surface area contributed by atoms with Crippen molar-refractivity contribution in [1.82, 2.24) is 20.0 Å². The van der Waals surface area contributed by atoms with Gasteiger partial charge in [0.15, 0.2) is 5.82 Å². The van der Waals surface area contributed by atoms with Crippen molar-refractivity contribution < 1.29 is 4.74 Å². The van der Waals surface area contributed by atoms with Crippen molar-refractivity contribution in [2.24, 2.45) is 0 Å². The zero-order valence-electron chi connectivity index (χ0n) is 14.6. The quantitative estimate of drug-likeness (QED) is 0.854. The van der Waals surface area contributed by atoms with Crippen LogP contribution < -0.4 is 4.90 Å². The summed E-state index contributed by atoms with van der Waals surface area (Å²) in [6, 6.07) is 4.34. The second kappa shape index (κ2) is 6.57. The summed E-state index contributed by atoms with van der Waals surface area (Å²) in [5.74, 6) is 0.655. The summed E-state index contributed by atoms with van der Waals surface area (Å²) in [6.45, 7) is 10.5. The van der Waals surface area contributed by atoms with E-state index in [1.165, 1.54) is 0 Å². The number of nitriles is 1. The number of ether oxygens (including phenoxy) is 1. The molecule has 3 rings (SSSR count). The van der Waals surface area contributed by atoms with Gasteiger partial charge in [0.1, 0.15) is 11.6 Å². The normalized spacial score (nSPS) is 17.8. The highest BCUT2D eigenvalue weighted by Gasteiger charge is 2.25. The number of hydrogen-bond acceptors (Lipinski definition) is 6. The van der Waals surface area contributed by atoms with Crippen molar-refractivity contribution in [3.05, 3.63) is 34.3 Å². The molecule has 0 N–H and O–H groups in total. The van der Waals surface area contributed by atoms with E-state index in [4.69, 9.17) is 4.74 Å². The fraction of sp³-hybridized carbons (Fsp3) is 0.529. The Morgan fingerprint density at radius 2 is 2.08 bits per heavy atom. The van der Waals surface area contributed by atoms with Gasteiger partial charge in [0.05, 0.1) is 30.6 Å². The summed E-state index contributed by atoms with van der Waals surface area (Å²) >= 11 is 0. The van der Waals surface area contributed by atoms with Crippen molar-refractivity contribution in [2.45, 2.75) is 40.3 Å². The van der Waals surface area contributed by atoms with Gasteiger partial charge in [0.25, 0.3) is 0 Å². The van der Waals surface area contributed by atoms with Crippen molar-refractivity contribution >= 4 is 5.82 Å². The molecular formula is C17H22N6O. The summed E-state index contributed by atoms with van der Waals surface area (Å²) in [5, 5.41) is 22.5. The molecule has 1 atom stereocenters. The van der Waals surface area contributed by atoms with Crippen molar-refractivity contribution in [1.29, 1.82) is 5.26 Å². The van der Waals surface area contributed by atoms with E-state index in [9.17, 15) is 5.26 Å². The Hall–Kier alpha value is -2.46. The lowest BCUT2D eigenvalue weighted by Crippen LogP contribution is -2.45.